The number of nitrogens with zero attached hydrogens (tertiary/aromatic N) is 3. The lowest BCUT2D eigenvalue weighted by Crippen LogP contribution is -2.26. The van der Waals surface area contributed by atoms with E-state index in [2.05, 4.69) is 28.7 Å². The molecule has 0 unspecified atom stereocenters. The Labute approximate surface area is 107 Å². The number of halogens is 1. The number of hydrogen-bond acceptors (Lipinski definition) is 4. The highest BCUT2D eigenvalue weighted by atomic mass is 35.5. The summed E-state index contributed by atoms with van der Waals surface area (Å²) < 4.78 is 5.28. The van der Waals surface area contributed by atoms with Crippen molar-refractivity contribution >= 4 is 17.4 Å². The molecule has 17 heavy (non-hydrogen) atoms. The first-order valence-corrected chi connectivity index (χ1v) is 6.13. The second-order valence-corrected chi connectivity index (χ2v) is 5.55. The van der Waals surface area contributed by atoms with Crippen molar-refractivity contribution in [1.29, 1.82) is 0 Å². The number of methoxy groups -OCH3 is 1. The van der Waals surface area contributed by atoms with E-state index in [9.17, 15) is 0 Å². The molecular weight excluding hydrogens is 238 g/mol. The van der Waals surface area contributed by atoms with Crippen molar-refractivity contribution in [2.24, 2.45) is 11.3 Å². The molecule has 2 heterocycles. The SMILES string of the molecule is COC[C@@H]1CN(c2nccnc2Cl)CC1(C)C. The third-order valence-corrected chi connectivity index (χ3v) is 3.71. The maximum atomic E-state index is 6.08. The van der Waals surface area contributed by atoms with Gasteiger partial charge in [-0.25, -0.2) is 9.97 Å². The van der Waals surface area contributed by atoms with Gasteiger partial charge in [0.05, 0.1) is 6.61 Å². The predicted octanol–water partition coefficient (Wildman–Crippen LogP) is 2.24. The highest BCUT2D eigenvalue weighted by Crippen LogP contribution is 2.38. The molecule has 0 N–H and O–H groups in total. The van der Waals surface area contributed by atoms with E-state index in [1.165, 1.54) is 0 Å². The molecule has 1 aromatic rings. The van der Waals surface area contributed by atoms with E-state index in [0.29, 0.717) is 11.1 Å². The molecule has 4 nitrogen and oxygen atoms in total. The normalized spacial score (nSPS) is 23.1. The van der Waals surface area contributed by atoms with Crippen LogP contribution in [0, 0.1) is 11.3 Å². The van der Waals surface area contributed by atoms with Crippen molar-refractivity contribution < 1.29 is 4.74 Å². The molecule has 0 spiro atoms. The largest absolute Gasteiger partial charge is 0.384 e. The molecular formula is C12H18ClN3O. The number of rotatable bonds is 3. The molecule has 0 saturated carbocycles. The maximum Gasteiger partial charge on any atom is 0.171 e. The van der Waals surface area contributed by atoms with E-state index < -0.39 is 0 Å². The van der Waals surface area contributed by atoms with Gasteiger partial charge in [0.25, 0.3) is 0 Å². The fourth-order valence-corrected chi connectivity index (χ4v) is 2.59. The van der Waals surface area contributed by atoms with E-state index >= 15 is 0 Å². The van der Waals surface area contributed by atoms with Crippen molar-refractivity contribution in [2.45, 2.75) is 13.8 Å². The zero-order valence-electron chi connectivity index (χ0n) is 10.5. The van der Waals surface area contributed by atoms with Gasteiger partial charge in [-0.05, 0) is 5.41 Å². The van der Waals surface area contributed by atoms with Crippen molar-refractivity contribution in [3.63, 3.8) is 0 Å². The van der Waals surface area contributed by atoms with Gasteiger partial charge in [-0.1, -0.05) is 25.4 Å². The van der Waals surface area contributed by atoms with Crippen LogP contribution in [0.15, 0.2) is 12.4 Å². The minimum atomic E-state index is 0.205. The minimum Gasteiger partial charge on any atom is -0.384 e. The van der Waals surface area contributed by atoms with Gasteiger partial charge in [-0.3, -0.25) is 0 Å². The Morgan fingerprint density at radius 1 is 1.47 bits per heavy atom. The van der Waals surface area contributed by atoms with Crippen LogP contribution >= 0.6 is 11.6 Å². The summed E-state index contributed by atoms with van der Waals surface area (Å²) in [5, 5.41) is 0.473. The molecule has 1 aliphatic heterocycles. The monoisotopic (exact) mass is 255 g/mol. The smallest absolute Gasteiger partial charge is 0.171 e. The van der Waals surface area contributed by atoms with Crippen molar-refractivity contribution in [3.8, 4) is 0 Å². The Morgan fingerprint density at radius 2 is 2.18 bits per heavy atom. The molecule has 1 atom stereocenters. The molecule has 0 aromatic carbocycles. The second kappa shape index (κ2) is 4.78. The lowest BCUT2D eigenvalue weighted by atomic mass is 9.83. The third kappa shape index (κ3) is 2.53. The highest BCUT2D eigenvalue weighted by molar-refractivity contribution is 6.31. The zero-order chi connectivity index (χ0) is 12.5. The summed E-state index contributed by atoms with van der Waals surface area (Å²) in [6, 6.07) is 0. The average Bonchev–Trinajstić information content (AvgIpc) is 2.56. The second-order valence-electron chi connectivity index (χ2n) is 5.19. The lowest BCUT2D eigenvalue weighted by Gasteiger charge is -2.24. The van der Waals surface area contributed by atoms with Crippen LogP contribution in [0.4, 0.5) is 5.82 Å². The Morgan fingerprint density at radius 3 is 2.82 bits per heavy atom. The first-order chi connectivity index (χ1) is 8.04. The van der Waals surface area contributed by atoms with Crippen LogP contribution in [-0.2, 0) is 4.74 Å². The van der Waals surface area contributed by atoms with Gasteiger partial charge in [0.1, 0.15) is 0 Å². The van der Waals surface area contributed by atoms with E-state index in [0.717, 1.165) is 25.5 Å². The molecule has 0 radical (unpaired) electrons. The third-order valence-electron chi connectivity index (χ3n) is 3.45. The van der Waals surface area contributed by atoms with Crippen LogP contribution in [0.25, 0.3) is 0 Å². The summed E-state index contributed by atoms with van der Waals surface area (Å²) in [6.07, 6.45) is 3.29. The lowest BCUT2D eigenvalue weighted by molar-refractivity contribution is 0.112. The molecule has 2 rings (SSSR count). The minimum absolute atomic E-state index is 0.205. The molecule has 0 aliphatic carbocycles. The van der Waals surface area contributed by atoms with Crippen LogP contribution < -0.4 is 4.90 Å². The van der Waals surface area contributed by atoms with Gasteiger partial charge >= 0.3 is 0 Å². The van der Waals surface area contributed by atoms with Crippen LogP contribution in [0.3, 0.4) is 0 Å². The van der Waals surface area contributed by atoms with Crippen LogP contribution in [0.1, 0.15) is 13.8 Å². The number of ether oxygens (including phenoxy) is 1. The highest BCUT2D eigenvalue weighted by Gasteiger charge is 2.40. The molecule has 1 aliphatic rings. The number of aromatic nitrogens is 2. The fourth-order valence-electron chi connectivity index (χ4n) is 2.37. The van der Waals surface area contributed by atoms with E-state index in [4.69, 9.17) is 16.3 Å². The summed E-state index contributed by atoms with van der Waals surface area (Å²) >= 11 is 6.08. The molecule has 0 amide bonds. The maximum absolute atomic E-state index is 6.08. The Balaban J connectivity index is 2.18. The van der Waals surface area contributed by atoms with E-state index in [1.807, 2.05) is 0 Å². The van der Waals surface area contributed by atoms with Crippen LogP contribution in [-0.4, -0.2) is 36.8 Å². The zero-order valence-corrected chi connectivity index (χ0v) is 11.2. The van der Waals surface area contributed by atoms with E-state index in [1.54, 1.807) is 19.5 Å². The predicted molar refractivity (Wildman–Crippen MR) is 68.4 cm³/mol. The molecule has 0 bridgehead atoms. The molecule has 1 saturated heterocycles. The summed E-state index contributed by atoms with van der Waals surface area (Å²) in [7, 11) is 1.74. The Kier molecular flexibility index (Phi) is 3.54. The summed E-state index contributed by atoms with van der Waals surface area (Å²) in [5.41, 5.74) is 0.205. The number of anilines is 1. The van der Waals surface area contributed by atoms with Gasteiger partial charge in [-0.15, -0.1) is 0 Å². The molecule has 94 valence electrons. The molecule has 5 heteroatoms. The fraction of sp³-hybridized carbons (Fsp3) is 0.667. The quantitative estimate of drug-likeness (QED) is 0.830. The Hall–Kier alpha value is -0.870. The van der Waals surface area contributed by atoms with E-state index in [-0.39, 0.29) is 5.41 Å². The van der Waals surface area contributed by atoms with Gasteiger partial charge in [-0.2, -0.15) is 0 Å². The van der Waals surface area contributed by atoms with Crippen molar-refractivity contribution in [2.75, 3.05) is 31.7 Å². The number of hydrogen-bond donors (Lipinski definition) is 0. The van der Waals surface area contributed by atoms with Crippen LogP contribution in [0.2, 0.25) is 5.15 Å². The summed E-state index contributed by atoms with van der Waals surface area (Å²) in [5.74, 6) is 1.27. The van der Waals surface area contributed by atoms with Gasteiger partial charge < -0.3 is 9.64 Å². The summed E-state index contributed by atoms with van der Waals surface area (Å²) in [6.45, 7) is 7.11. The first-order valence-electron chi connectivity index (χ1n) is 5.75. The van der Waals surface area contributed by atoms with Gasteiger partial charge in [0.15, 0.2) is 11.0 Å². The van der Waals surface area contributed by atoms with Gasteiger partial charge in [0.2, 0.25) is 0 Å². The standard InChI is InChI=1S/C12H18ClN3O/c1-12(2)8-16(6-9(12)7-17-3)11-10(13)14-4-5-15-11/h4-5,9H,6-8H2,1-3H3/t9-/m0/s1. The van der Waals surface area contributed by atoms with Crippen molar-refractivity contribution in [3.05, 3.63) is 17.5 Å². The Bertz CT molecular complexity index is 397. The molecule has 1 fully saturated rings. The van der Waals surface area contributed by atoms with Crippen molar-refractivity contribution in [1.82, 2.24) is 9.97 Å². The van der Waals surface area contributed by atoms with Gasteiger partial charge in [0, 0.05) is 38.5 Å². The molecule has 1 aromatic heterocycles. The average molecular weight is 256 g/mol. The van der Waals surface area contributed by atoms with Crippen LogP contribution in [0.5, 0.6) is 0 Å². The topological polar surface area (TPSA) is 38.2 Å². The first kappa shape index (κ1) is 12.6. The summed E-state index contributed by atoms with van der Waals surface area (Å²) in [4.78, 5) is 10.6.